The van der Waals surface area contributed by atoms with Gasteiger partial charge in [0.2, 0.25) is 0 Å². The number of amides is 1. The smallest absolute Gasteiger partial charge is 0.271 e. The maximum atomic E-state index is 14.2. The van der Waals surface area contributed by atoms with Gasteiger partial charge in [0, 0.05) is 5.69 Å². The number of fused-ring (bicyclic) bond motifs is 1. The molecule has 7 nitrogen and oxygen atoms in total. The monoisotopic (exact) mass is 757 g/mol. The number of para-hydroxylation sites is 1. The average molecular weight is 760 g/mol. The summed E-state index contributed by atoms with van der Waals surface area (Å²) in [7, 11) is 0. The highest BCUT2D eigenvalue weighted by Crippen LogP contribution is 2.36. The molecule has 5 aromatic rings. The van der Waals surface area contributed by atoms with Gasteiger partial charge >= 0.3 is 0 Å². The minimum atomic E-state index is -0.690. The van der Waals surface area contributed by atoms with Crippen molar-refractivity contribution < 1.29 is 14.3 Å². The van der Waals surface area contributed by atoms with Crippen molar-refractivity contribution in [1.82, 2.24) is 4.57 Å². The lowest BCUT2D eigenvalue weighted by Crippen LogP contribution is -2.40. The quantitative estimate of drug-likeness (QED) is 0.170. The van der Waals surface area contributed by atoms with E-state index in [1.165, 1.54) is 11.3 Å². The molecule has 1 aromatic heterocycles. The lowest BCUT2D eigenvalue weighted by atomic mass is 9.95. The lowest BCUT2D eigenvalue weighted by Gasteiger charge is -2.25. The number of nitrogens with one attached hydrogen (secondary N) is 1. The van der Waals surface area contributed by atoms with Crippen LogP contribution in [0.5, 0.6) is 11.5 Å². The summed E-state index contributed by atoms with van der Waals surface area (Å²) in [5, 5.41) is 2.99. The van der Waals surface area contributed by atoms with Crippen molar-refractivity contribution >= 4 is 60.9 Å². The number of thiazole rings is 1. The van der Waals surface area contributed by atoms with E-state index in [4.69, 9.17) is 14.5 Å². The fraction of sp³-hybridized carbons (Fsp3) is 0.139. The standard InChI is InChI=1S/C36H29Br2N3O4S/c1-3-44-27-16-14-25(15-17-27)32-31(34(42)40-26-12-8-5-9-13-26)22(2)39-36-41(32)35(43)30(46-36)20-24-18-28(37)33(29(38)19-24)45-21-23-10-6-4-7-11-23/h4-20,32H,3,21H2,1-2H3,(H,40,42)/b30-20-/t32-/m0/s1. The molecule has 1 atom stereocenters. The van der Waals surface area contributed by atoms with Crippen molar-refractivity contribution in [2.45, 2.75) is 26.5 Å². The number of halogens is 2. The summed E-state index contributed by atoms with van der Waals surface area (Å²) in [6.07, 6.45) is 1.83. The number of hydrogen-bond donors (Lipinski definition) is 1. The van der Waals surface area contributed by atoms with Crippen LogP contribution in [0.25, 0.3) is 6.08 Å². The fourth-order valence-corrected chi connectivity index (χ4v) is 7.74. The van der Waals surface area contributed by atoms with Gasteiger partial charge in [0.15, 0.2) is 4.80 Å². The van der Waals surface area contributed by atoms with Gasteiger partial charge in [-0.3, -0.25) is 14.2 Å². The molecule has 0 saturated heterocycles. The highest BCUT2D eigenvalue weighted by atomic mass is 79.9. The molecule has 4 aromatic carbocycles. The summed E-state index contributed by atoms with van der Waals surface area (Å²) in [6.45, 7) is 4.68. The van der Waals surface area contributed by atoms with Crippen LogP contribution in [-0.4, -0.2) is 17.1 Å². The van der Waals surface area contributed by atoms with E-state index in [2.05, 4.69) is 37.2 Å². The minimum absolute atomic E-state index is 0.239. The van der Waals surface area contributed by atoms with E-state index in [1.807, 2.05) is 110 Å². The maximum absolute atomic E-state index is 14.2. The van der Waals surface area contributed by atoms with Crippen molar-refractivity contribution in [3.63, 3.8) is 0 Å². The minimum Gasteiger partial charge on any atom is -0.494 e. The Morgan fingerprint density at radius 3 is 2.26 bits per heavy atom. The van der Waals surface area contributed by atoms with Gasteiger partial charge in [-0.2, -0.15) is 0 Å². The van der Waals surface area contributed by atoms with Gasteiger partial charge in [0.05, 0.1) is 37.4 Å². The summed E-state index contributed by atoms with van der Waals surface area (Å²) in [4.78, 5) is 33.2. The molecule has 0 fully saturated rings. The van der Waals surface area contributed by atoms with Crippen molar-refractivity contribution in [3.05, 3.63) is 154 Å². The molecule has 0 aliphatic carbocycles. The number of aromatic nitrogens is 1. The van der Waals surface area contributed by atoms with Crippen LogP contribution < -0.4 is 29.7 Å². The van der Waals surface area contributed by atoms with E-state index < -0.39 is 6.04 Å². The molecule has 0 bridgehead atoms. The highest BCUT2D eigenvalue weighted by Gasteiger charge is 2.32. The molecule has 0 spiro atoms. The number of allylic oxidation sites excluding steroid dienone is 1. The Kier molecular flexibility index (Phi) is 9.67. The Morgan fingerprint density at radius 2 is 1.61 bits per heavy atom. The van der Waals surface area contributed by atoms with Gasteiger partial charge in [0.1, 0.15) is 18.1 Å². The summed E-state index contributed by atoms with van der Waals surface area (Å²) in [5.41, 5.74) is 3.99. The number of nitrogens with zero attached hydrogens (tertiary/aromatic N) is 2. The molecule has 1 amide bonds. The third-order valence-electron chi connectivity index (χ3n) is 7.35. The predicted molar refractivity (Wildman–Crippen MR) is 189 cm³/mol. The molecule has 0 unspecified atom stereocenters. The fourth-order valence-electron chi connectivity index (χ4n) is 5.24. The van der Waals surface area contributed by atoms with Crippen molar-refractivity contribution in [3.8, 4) is 11.5 Å². The number of benzene rings is 4. The molecular formula is C36H29Br2N3O4S. The van der Waals surface area contributed by atoms with E-state index in [1.54, 1.807) is 11.5 Å². The first-order valence-electron chi connectivity index (χ1n) is 14.6. The van der Waals surface area contributed by atoms with E-state index in [0.29, 0.717) is 51.0 Å². The SMILES string of the molecule is CCOc1ccc([C@H]2C(C(=O)Nc3ccccc3)=C(C)N=c3s/c(=C\c4cc(Br)c(OCc5ccccc5)c(Br)c4)c(=O)n32)cc1. The zero-order valence-corrected chi connectivity index (χ0v) is 29.0. The Morgan fingerprint density at radius 1 is 0.957 bits per heavy atom. The van der Waals surface area contributed by atoms with Gasteiger partial charge in [-0.05, 0) is 105 Å². The number of hydrogen-bond acceptors (Lipinski definition) is 6. The van der Waals surface area contributed by atoms with Gasteiger partial charge < -0.3 is 14.8 Å². The first kappa shape index (κ1) is 31.7. The second-order valence-electron chi connectivity index (χ2n) is 10.5. The van der Waals surface area contributed by atoms with E-state index in [9.17, 15) is 9.59 Å². The second-order valence-corrected chi connectivity index (χ2v) is 13.2. The van der Waals surface area contributed by atoms with Gasteiger partial charge in [-0.25, -0.2) is 4.99 Å². The van der Waals surface area contributed by atoms with Gasteiger partial charge in [-0.1, -0.05) is 72.0 Å². The van der Waals surface area contributed by atoms with Crippen LogP contribution in [0.1, 0.15) is 36.6 Å². The predicted octanol–water partition coefficient (Wildman–Crippen LogP) is 7.38. The molecule has 10 heteroatoms. The largest absolute Gasteiger partial charge is 0.494 e. The zero-order valence-electron chi connectivity index (χ0n) is 25.0. The molecular weight excluding hydrogens is 730 g/mol. The summed E-state index contributed by atoms with van der Waals surface area (Å²) >= 11 is 8.57. The first-order valence-corrected chi connectivity index (χ1v) is 17.0. The molecule has 1 aliphatic heterocycles. The van der Waals surface area contributed by atoms with Crippen LogP contribution in [0.2, 0.25) is 0 Å². The van der Waals surface area contributed by atoms with Crippen molar-refractivity contribution in [2.24, 2.45) is 4.99 Å². The van der Waals surface area contributed by atoms with Crippen LogP contribution in [0, 0.1) is 0 Å². The van der Waals surface area contributed by atoms with E-state index >= 15 is 0 Å². The van der Waals surface area contributed by atoms with Crippen LogP contribution in [0.4, 0.5) is 5.69 Å². The van der Waals surface area contributed by atoms with Crippen molar-refractivity contribution in [1.29, 1.82) is 0 Å². The van der Waals surface area contributed by atoms with Gasteiger partial charge in [-0.15, -0.1) is 0 Å². The molecule has 46 heavy (non-hydrogen) atoms. The topological polar surface area (TPSA) is 81.9 Å². The zero-order chi connectivity index (χ0) is 32.2. The molecule has 6 rings (SSSR count). The van der Waals surface area contributed by atoms with Crippen LogP contribution in [0.3, 0.4) is 0 Å². The first-order chi connectivity index (χ1) is 22.3. The maximum Gasteiger partial charge on any atom is 0.271 e. The Bertz CT molecular complexity index is 2090. The summed E-state index contributed by atoms with van der Waals surface area (Å²) in [5.74, 6) is 1.06. The molecule has 232 valence electrons. The van der Waals surface area contributed by atoms with Crippen LogP contribution in [-0.2, 0) is 11.4 Å². The number of rotatable bonds is 9. The van der Waals surface area contributed by atoms with Crippen LogP contribution in [0.15, 0.2) is 127 Å². The Labute approximate surface area is 286 Å². The van der Waals surface area contributed by atoms with E-state index in [-0.39, 0.29) is 11.5 Å². The Balaban J connectivity index is 1.40. The lowest BCUT2D eigenvalue weighted by molar-refractivity contribution is -0.113. The summed E-state index contributed by atoms with van der Waals surface area (Å²) in [6, 6.07) is 29.8. The normalized spacial score (nSPS) is 14.4. The van der Waals surface area contributed by atoms with Crippen molar-refractivity contribution in [2.75, 3.05) is 11.9 Å². The van der Waals surface area contributed by atoms with Crippen LogP contribution >= 0.6 is 43.2 Å². The third kappa shape index (κ3) is 6.79. The Hall–Kier alpha value is -4.25. The number of carbonyl (C=O) groups is 1. The molecule has 1 aliphatic rings. The second kappa shape index (κ2) is 14.0. The van der Waals surface area contributed by atoms with E-state index in [0.717, 1.165) is 25.6 Å². The third-order valence-corrected chi connectivity index (χ3v) is 9.51. The molecule has 0 saturated carbocycles. The molecule has 2 heterocycles. The van der Waals surface area contributed by atoms with Gasteiger partial charge in [0.25, 0.3) is 11.5 Å². The highest BCUT2D eigenvalue weighted by molar-refractivity contribution is 9.11. The number of carbonyl (C=O) groups excluding carboxylic acids is 1. The molecule has 1 N–H and O–H groups in total. The number of ether oxygens (including phenoxy) is 2. The number of anilines is 1. The average Bonchev–Trinajstić information content (AvgIpc) is 3.35. The molecule has 0 radical (unpaired) electrons. The summed E-state index contributed by atoms with van der Waals surface area (Å²) < 4.78 is 15.3.